The predicted molar refractivity (Wildman–Crippen MR) is 34.2 cm³/mol. The van der Waals surface area contributed by atoms with Crippen LogP contribution < -0.4 is 56.7 Å². The second-order valence-electron chi connectivity index (χ2n) is 2.06. The minimum absolute atomic E-state index is 0. The summed E-state index contributed by atoms with van der Waals surface area (Å²) in [7, 11) is 0. The van der Waals surface area contributed by atoms with E-state index in [1.165, 1.54) is 0 Å². The Morgan fingerprint density at radius 2 is 1.92 bits per heavy atom. The molecular weight excluding hydrogens is 201 g/mol. The van der Waals surface area contributed by atoms with Gasteiger partial charge in [0.25, 0.3) is 0 Å². The van der Waals surface area contributed by atoms with Crippen LogP contribution in [0.4, 0.5) is 12.9 Å². The van der Waals surface area contributed by atoms with Gasteiger partial charge in [0, 0.05) is 6.54 Å². The second kappa shape index (κ2) is 7.34. The van der Waals surface area contributed by atoms with Gasteiger partial charge in [-0.05, 0) is 6.44 Å². The Morgan fingerprint density at radius 3 is 2.25 bits per heavy atom. The van der Waals surface area contributed by atoms with Crippen LogP contribution in [0.15, 0.2) is 0 Å². The van der Waals surface area contributed by atoms with Crippen LogP contribution in [0, 0.1) is 0 Å². The van der Waals surface area contributed by atoms with E-state index in [0.29, 0.717) is 0 Å². The van der Waals surface area contributed by atoms with E-state index in [2.05, 4.69) is 0 Å². The Kier molecular flexibility index (Phi) is 9.41. The third kappa shape index (κ3) is 13.5. The van der Waals surface area contributed by atoms with E-state index in [9.17, 15) is 17.7 Å². The second-order valence-corrected chi connectivity index (χ2v) is 2.06. The van der Waals surface area contributed by atoms with Crippen molar-refractivity contribution in [1.29, 1.82) is 0 Å². The molecule has 0 saturated carbocycles. The molecule has 0 aliphatic carbocycles. The van der Waals surface area contributed by atoms with Gasteiger partial charge >= 0.3 is 64.3 Å². The minimum Gasteiger partial charge on any atom is -0.481 e. The molecule has 0 aromatic rings. The molecule has 0 atom stereocenters. The number of nitrogens with one attached hydrogen (secondary N) is 1. The van der Waals surface area contributed by atoms with E-state index in [-0.39, 0.29) is 64.4 Å². The summed E-state index contributed by atoms with van der Waals surface area (Å²) in [5.74, 6) is -1.10. The molecular formula is C4H8BF3KNO2. The first-order valence-electron chi connectivity index (χ1n) is 3.05. The molecule has 0 aromatic carbocycles. The summed E-state index contributed by atoms with van der Waals surface area (Å²) in [6.07, 6.45) is -1.36. The molecule has 8 heteroatoms. The van der Waals surface area contributed by atoms with E-state index in [0.717, 1.165) is 0 Å². The summed E-state index contributed by atoms with van der Waals surface area (Å²) in [5.41, 5.74) is 0. The zero-order chi connectivity index (χ0) is 8.91. The number of carboxylic acid groups (broad SMARTS) is 1. The Morgan fingerprint density at radius 1 is 1.42 bits per heavy atom. The van der Waals surface area contributed by atoms with Crippen LogP contribution in [0.25, 0.3) is 0 Å². The zero-order valence-corrected chi connectivity index (χ0v) is 9.81. The Balaban J connectivity index is 0. The summed E-state index contributed by atoms with van der Waals surface area (Å²) in [6, 6.07) is 0. The van der Waals surface area contributed by atoms with Gasteiger partial charge in [0.1, 0.15) is 0 Å². The van der Waals surface area contributed by atoms with Crippen molar-refractivity contribution in [3.05, 3.63) is 0 Å². The summed E-state index contributed by atoms with van der Waals surface area (Å²) in [6.45, 7) is -4.98. The van der Waals surface area contributed by atoms with Crippen LogP contribution in [-0.2, 0) is 4.79 Å². The van der Waals surface area contributed by atoms with Crippen LogP contribution in [0.2, 0.25) is 0 Å². The molecule has 0 spiro atoms. The number of carboxylic acids is 1. The first kappa shape index (κ1) is 15.4. The molecule has 0 heterocycles. The number of rotatable bonds is 5. The smallest absolute Gasteiger partial charge is 0.481 e. The monoisotopic (exact) mass is 209 g/mol. The van der Waals surface area contributed by atoms with Gasteiger partial charge in [-0.3, -0.25) is 4.79 Å². The summed E-state index contributed by atoms with van der Waals surface area (Å²) in [4.78, 5) is 9.81. The molecule has 0 fully saturated rings. The third-order valence-electron chi connectivity index (χ3n) is 0.891. The molecule has 66 valence electrons. The SMILES string of the molecule is O=C(O)CCNC[B-](F)(F)F.[K+]. The van der Waals surface area contributed by atoms with Gasteiger partial charge < -0.3 is 23.4 Å². The van der Waals surface area contributed by atoms with Gasteiger partial charge in [0.15, 0.2) is 0 Å². The van der Waals surface area contributed by atoms with Crippen molar-refractivity contribution in [1.82, 2.24) is 5.32 Å². The van der Waals surface area contributed by atoms with Gasteiger partial charge in [-0.25, -0.2) is 0 Å². The van der Waals surface area contributed by atoms with E-state index >= 15 is 0 Å². The first-order chi connectivity index (χ1) is 4.92. The number of carbonyl (C=O) groups is 1. The molecule has 0 radical (unpaired) electrons. The molecule has 0 aliphatic rings. The molecule has 0 amide bonds. The quantitative estimate of drug-likeness (QED) is 0.387. The third-order valence-corrected chi connectivity index (χ3v) is 0.891. The molecule has 0 rings (SSSR count). The van der Waals surface area contributed by atoms with Crippen molar-refractivity contribution in [3.8, 4) is 0 Å². The van der Waals surface area contributed by atoms with Crippen molar-refractivity contribution in [3.63, 3.8) is 0 Å². The number of aliphatic carboxylic acids is 1. The van der Waals surface area contributed by atoms with Gasteiger partial charge in [-0.1, -0.05) is 0 Å². The molecule has 3 nitrogen and oxygen atoms in total. The van der Waals surface area contributed by atoms with Crippen molar-refractivity contribution in [2.75, 3.05) is 13.0 Å². The van der Waals surface area contributed by atoms with Gasteiger partial charge in [-0.2, -0.15) is 0 Å². The summed E-state index contributed by atoms with van der Waals surface area (Å²) in [5, 5.41) is 10.0. The molecule has 0 aromatic heterocycles. The molecule has 12 heavy (non-hydrogen) atoms. The maximum atomic E-state index is 11.4. The number of hydrogen-bond acceptors (Lipinski definition) is 2. The predicted octanol–water partition coefficient (Wildman–Crippen LogP) is -2.56. The van der Waals surface area contributed by atoms with Crippen LogP contribution >= 0.6 is 0 Å². The normalized spacial score (nSPS) is 10.6. The van der Waals surface area contributed by atoms with E-state index in [1.54, 1.807) is 0 Å². The fraction of sp³-hybridized carbons (Fsp3) is 0.750. The minimum atomic E-state index is -4.84. The standard InChI is InChI=1S/C4H8BF3NO2.K/c6-5(7,8)3-9-2-1-4(10)11;/h9H,1-3H2,(H,10,11);/q-1;+1. The topological polar surface area (TPSA) is 49.3 Å². The largest absolute Gasteiger partial charge is 1.00 e. The average molecular weight is 209 g/mol. The van der Waals surface area contributed by atoms with Crippen LogP contribution in [0.1, 0.15) is 6.42 Å². The van der Waals surface area contributed by atoms with E-state index in [1.807, 2.05) is 5.32 Å². The Bertz CT molecular complexity index is 143. The average Bonchev–Trinajstić information content (AvgIpc) is 1.78. The number of halogens is 3. The fourth-order valence-electron chi connectivity index (χ4n) is 0.461. The maximum Gasteiger partial charge on any atom is 1.00 e. The van der Waals surface area contributed by atoms with Gasteiger partial charge in [0.05, 0.1) is 6.42 Å². The van der Waals surface area contributed by atoms with Crippen LogP contribution in [0.3, 0.4) is 0 Å². The summed E-state index contributed by atoms with van der Waals surface area (Å²) >= 11 is 0. The Labute approximate surface area is 111 Å². The van der Waals surface area contributed by atoms with Gasteiger partial charge in [-0.15, -0.1) is 0 Å². The molecule has 0 saturated heterocycles. The number of hydrogen-bond donors (Lipinski definition) is 2. The van der Waals surface area contributed by atoms with Crippen LogP contribution in [0.5, 0.6) is 0 Å². The molecule has 0 bridgehead atoms. The van der Waals surface area contributed by atoms with Crippen molar-refractivity contribution < 1.29 is 74.2 Å². The zero-order valence-electron chi connectivity index (χ0n) is 6.69. The summed E-state index contributed by atoms with van der Waals surface area (Å²) < 4.78 is 34.3. The van der Waals surface area contributed by atoms with Gasteiger partial charge in [0.2, 0.25) is 0 Å². The van der Waals surface area contributed by atoms with Crippen molar-refractivity contribution in [2.24, 2.45) is 0 Å². The molecule has 0 unspecified atom stereocenters. The molecule has 0 aliphatic heterocycles. The maximum absolute atomic E-state index is 11.4. The van der Waals surface area contributed by atoms with Crippen molar-refractivity contribution >= 4 is 12.9 Å². The Hall–Kier alpha value is 0.921. The first-order valence-corrected chi connectivity index (χ1v) is 3.05. The van der Waals surface area contributed by atoms with Crippen molar-refractivity contribution in [2.45, 2.75) is 6.42 Å². The van der Waals surface area contributed by atoms with E-state index in [4.69, 9.17) is 5.11 Å². The molecule has 2 N–H and O–H groups in total. The van der Waals surface area contributed by atoms with Crippen LogP contribution in [-0.4, -0.2) is 31.0 Å². The van der Waals surface area contributed by atoms with E-state index < -0.39 is 19.4 Å². The fourth-order valence-corrected chi connectivity index (χ4v) is 0.461.